The van der Waals surface area contributed by atoms with Crippen molar-refractivity contribution in [2.75, 3.05) is 19.6 Å². The van der Waals surface area contributed by atoms with Crippen LogP contribution in [-0.4, -0.2) is 23.8 Å². The Hall–Kier alpha value is -2.64. The standard InChI is InChI=1S/C14H14N4O3/c1-19-8-17-21-10-3-4-12-11(6-10)18-14(20-12)9-2-5-13(15)16-7-9/h2-7,17H,8H2,1H3,(H2,15,16). The van der Waals surface area contributed by atoms with Gasteiger partial charge in [-0.05, 0) is 24.3 Å². The fourth-order valence-electron chi connectivity index (χ4n) is 1.80. The van der Waals surface area contributed by atoms with Crippen LogP contribution in [0.25, 0.3) is 22.6 Å². The molecule has 0 aliphatic heterocycles. The van der Waals surface area contributed by atoms with Crippen molar-refractivity contribution in [3.05, 3.63) is 36.5 Å². The van der Waals surface area contributed by atoms with E-state index in [1.165, 1.54) is 0 Å². The van der Waals surface area contributed by atoms with E-state index in [-0.39, 0.29) is 0 Å². The van der Waals surface area contributed by atoms with Crippen LogP contribution in [0.3, 0.4) is 0 Å². The number of nitrogens with zero attached hydrogens (tertiary/aromatic N) is 2. The number of nitrogens with two attached hydrogens (primary N) is 1. The number of pyridine rings is 1. The molecule has 0 bridgehead atoms. The molecule has 0 radical (unpaired) electrons. The number of fused-ring (bicyclic) bond motifs is 1. The van der Waals surface area contributed by atoms with Gasteiger partial charge in [-0.15, -0.1) is 5.48 Å². The average molecular weight is 286 g/mol. The minimum absolute atomic E-state index is 0.291. The van der Waals surface area contributed by atoms with E-state index in [9.17, 15) is 0 Å². The van der Waals surface area contributed by atoms with E-state index in [1.807, 2.05) is 6.07 Å². The molecule has 0 aliphatic carbocycles. The summed E-state index contributed by atoms with van der Waals surface area (Å²) >= 11 is 0. The number of hydrogen-bond donors (Lipinski definition) is 2. The first-order valence-corrected chi connectivity index (χ1v) is 6.27. The van der Waals surface area contributed by atoms with Crippen LogP contribution in [0.2, 0.25) is 0 Å². The van der Waals surface area contributed by atoms with Crippen molar-refractivity contribution in [1.82, 2.24) is 15.4 Å². The maximum absolute atomic E-state index is 5.68. The second-order valence-electron chi connectivity index (χ2n) is 4.30. The third-order valence-electron chi connectivity index (χ3n) is 2.79. The fraction of sp³-hybridized carbons (Fsp3) is 0.143. The van der Waals surface area contributed by atoms with E-state index in [2.05, 4.69) is 15.4 Å². The summed E-state index contributed by atoms with van der Waals surface area (Å²) in [6, 6.07) is 8.86. The molecule has 0 saturated carbocycles. The van der Waals surface area contributed by atoms with Gasteiger partial charge in [-0.2, -0.15) is 0 Å². The summed E-state index contributed by atoms with van der Waals surface area (Å²) < 4.78 is 10.5. The van der Waals surface area contributed by atoms with E-state index < -0.39 is 0 Å². The van der Waals surface area contributed by atoms with Crippen LogP contribution < -0.4 is 16.1 Å². The van der Waals surface area contributed by atoms with Crippen molar-refractivity contribution in [1.29, 1.82) is 0 Å². The molecule has 7 heteroatoms. The Labute approximate surface area is 120 Å². The summed E-state index contributed by atoms with van der Waals surface area (Å²) in [5, 5.41) is 0. The Morgan fingerprint density at radius 1 is 1.29 bits per heavy atom. The van der Waals surface area contributed by atoms with Gasteiger partial charge in [0.05, 0.1) is 5.56 Å². The molecule has 0 amide bonds. The average Bonchev–Trinajstić information content (AvgIpc) is 2.91. The monoisotopic (exact) mass is 286 g/mol. The maximum atomic E-state index is 5.68. The Morgan fingerprint density at radius 2 is 2.19 bits per heavy atom. The molecule has 0 atom stereocenters. The second-order valence-corrected chi connectivity index (χ2v) is 4.30. The first-order chi connectivity index (χ1) is 10.3. The van der Waals surface area contributed by atoms with Crippen molar-refractivity contribution in [3.63, 3.8) is 0 Å². The van der Waals surface area contributed by atoms with Crippen molar-refractivity contribution in [2.45, 2.75) is 0 Å². The van der Waals surface area contributed by atoms with Crippen LogP contribution >= 0.6 is 0 Å². The van der Waals surface area contributed by atoms with Crippen molar-refractivity contribution < 1.29 is 14.0 Å². The third-order valence-corrected chi connectivity index (χ3v) is 2.79. The summed E-state index contributed by atoms with van der Waals surface area (Å²) in [4.78, 5) is 13.7. The molecule has 0 unspecified atom stereocenters. The summed E-state index contributed by atoms with van der Waals surface area (Å²) in [5.41, 5.74) is 10.3. The van der Waals surface area contributed by atoms with Gasteiger partial charge in [0.15, 0.2) is 5.58 Å². The molecular formula is C14H14N4O3. The molecule has 3 rings (SSSR count). The van der Waals surface area contributed by atoms with E-state index in [4.69, 9.17) is 19.7 Å². The minimum Gasteiger partial charge on any atom is -0.436 e. The maximum Gasteiger partial charge on any atom is 0.228 e. The van der Waals surface area contributed by atoms with Crippen molar-refractivity contribution >= 4 is 16.9 Å². The van der Waals surface area contributed by atoms with Crippen molar-refractivity contribution in [2.24, 2.45) is 0 Å². The molecule has 3 N–H and O–H groups in total. The summed E-state index contributed by atoms with van der Waals surface area (Å²) in [7, 11) is 1.57. The number of hydroxylamine groups is 1. The number of aromatic nitrogens is 2. The SMILES string of the molecule is COCNOc1ccc2oc(-c3ccc(N)nc3)nc2c1. The van der Waals surface area contributed by atoms with Gasteiger partial charge in [0, 0.05) is 19.4 Å². The van der Waals surface area contributed by atoms with Crippen LogP contribution in [0.1, 0.15) is 0 Å². The van der Waals surface area contributed by atoms with Crippen LogP contribution in [0.15, 0.2) is 40.9 Å². The fourth-order valence-corrected chi connectivity index (χ4v) is 1.80. The Bertz CT molecular complexity index is 740. The number of nitrogen functional groups attached to an aromatic ring is 1. The van der Waals surface area contributed by atoms with Gasteiger partial charge in [-0.3, -0.25) is 0 Å². The van der Waals surface area contributed by atoms with Crippen LogP contribution in [0.4, 0.5) is 5.82 Å². The number of nitrogens with one attached hydrogen (secondary N) is 1. The Morgan fingerprint density at radius 3 is 2.95 bits per heavy atom. The van der Waals surface area contributed by atoms with Crippen LogP contribution in [-0.2, 0) is 4.74 Å². The summed E-state index contributed by atoms with van der Waals surface area (Å²) in [6.45, 7) is 0.291. The molecule has 3 aromatic rings. The largest absolute Gasteiger partial charge is 0.436 e. The lowest BCUT2D eigenvalue weighted by Gasteiger charge is -2.04. The van der Waals surface area contributed by atoms with Gasteiger partial charge in [-0.25, -0.2) is 9.97 Å². The van der Waals surface area contributed by atoms with Crippen LogP contribution in [0.5, 0.6) is 5.75 Å². The molecule has 21 heavy (non-hydrogen) atoms. The number of anilines is 1. The first-order valence-electron chi connectivity index (χ1n) is 6.27. The lowest BCUT2D eigenvalue weighted by Crippen LogP contribution is -2.20. The number of oxazole rings is 1. The molecule has 0 aliphatic rings. The topological polar surface area (TPSA) is 95.4 Å². The molecule has 0 fully saturated rings. The lowest BCUT2D eigenvalue weighted by atomic mass is 10.3. The Balaban J connectivity index is 1.87. The highest BCUT2D eigenvalue weighted by Crippen LogP contribution is 2.26. The second kappa shape index (κ2) is 5.78. The smallest absolute Gasteiger partial charge is 0.228 e. The molecule has 2 heterocycles. The highest BCUT2D eigenvalue weighted by Gasteiger charge is 2.09. The number of benzene rings is 1. The first kappa shape index (κ1) is 13.3. The van der Waals surface area contributed by atoms with Crippen LogP contribution in [0, 0.1) is 0 Å². The predicted octanol–water partition coefficient (Wildman–Crippen LogP) is 1.96. The zero-order chi connectivity index (χ0) is 14.7. The van der Waals surface area contributed by atoms with Gasteiger partial charge in [-0.1, -0.05) is 0 Å². The zero-order valence-electron chi connectivity index (χ0n) is 11.4. The van der Waals surface area contributed by atoms with Gasteiger partial charge >= 0.3 is 0 Å². The highest BCUT2D eigenvalue weighted by molar-refractivity contribution is 5.77. The number of methoxy groups -OCH3 is 1. The molecule has 0 spiro atoms. The van der Waals surface area contributed by atoms with E-state index >= 15 is 0 Å². The minimum atomic E-state index is 0.291. The van der Waals surface area contributed by atoms with Gasteiger partial charge in [0.1, 0.15) is 23.8 Å². The number of ether oxygens (including phenoxy) is 1. The predicted molar refractivity (Wildman–Crippen MR) is 77.3 cm³/mol. The molecular weight excluding hydrogens is 272 g/mol. The quantitative estimate of drug-likeness (QED) is 0.420. The normalized spacial score (nSPS) is 10.9. The highest BCUT2D eigenvalue weighted by atomic mass is 16.7. The molecule has 0 saturated heterocycles. The number of hydrogen-bond acceptors (Lipinski definition) is 7. The zero-order valence-corrected chi connectivity index (χ0v) is 11.4. The third kappa shape index (κ3) is 2.93. The van der Waals surface area contributed by atoms with Crippen molar-refractivity contribution in [3.8, 4) is 17.2 Å². The Kier molecular flexibility index (Phi) is 3.67. The van der Waals surface area contributed by atoms with E-state index in [0.29, 0.717) is 35.3 Å². The van der Waals surface area contributed by atoms with E-state index in [0.717, 1.165) is 5.56 Å². The van der Waals surface area contributed by atoms with E-state index in [1.54, 1.807) is 37.6 Å². The van der Waals surface area contributed by atoms with Gasteiger partial charge in [0.25, 0.3) is 0 Å². The molecule has 7 nitrogen and oxygen atoms in total. The van der Waals surface area contributed by atoms with Gasteiger partial charge in [0.2, 0.25) is 5.89 Å². The molecule has 1 aromatic carbocycles. The number of rotatable bonds is 5. The molecule has 2 aromatic heterocycles. The lowest BCUT2D eigenvalue weighted by molar-refractivity contribution is 0.0680. The van der Waals surface area contributed by atoms with Gasteiger partial charge < -0.3 is 19.7 Å². The molecule has 108 valence electrons. The summed E-state index contributed by atoms with van der Waals surface area (Å²) in [6.07, 6.45) is 1.62. The summed E-state index contributed by atoms with van der Waals surface area (Å²) in [5.74, 6) is 1.56.